The smallest absolute Gasteiger partial charge is 0.114 e. The van der Waals surface area contributed by atoms with E-state index in [0.717, 1.165) is 23.0 Å². The van der Waals surface area contributed by atoms with E-state index in [1.54, 1.807) is 53.8 Å². The first kappa shape index (κ1) is 12.4. The molecular formula is C10H10O2S4. The average Bonchev–Trinajstić information content (AvgIpc) is 2.96. The first-order chi connectivity index (χ1) is 7.95. The van der Waals surface area contributed by atoms with Crippen LogP contribution in [0.3, 0.4) is 0 Å². The Morgan fingerprint density at radius 3 is 1.69 bits per heavy atom. The van der Waals surface area contributed by atoms with Crippen molar-refractivity contribution in [2.24, 2.45) is 0 Å². The highest BCUT2D eigenvalue weighted by Crippen LogP contribution is 2.45. The van der Waals surface area contributed by atoms with E-state index >= 15 is 0 Å². The topological polar surface area (TPSA) is 26.3 Å². The van der Waals surface area contributed by atoms with Crippen LogP contribution < -0.4 is 0 Å². The van der Waals surface area contributed by atoms with Crippen molar-refractivity contribution in [3.05, 3.63) is 48.3 Å². The third-order valence-electron chi connectivity index (χ3n) is 1.69. The molecule has 2 aromatic heterocycles. The monoisotopic (exact) mass is 290 g/mol. The Balaban J connectivity index is 1.49. The molecule has 0 aliphatic carbocycles. The van der Waals surface area contributed by atoms with E-state index in [9.17, 15) is 0 Å². The summed E-state index contributed by atoms with van der Waals surface area (Å²) < 4.78 is 10.5. The quantitative estimate of drug-likeness (QED) is 0.510. The Hall–Kier alpha value is -0.0400. The predicted molar refractivity (Wildman–Crippen MR) is 75.2 cm³/mol. The summed E-state index contributed by atoms with van der Waals surface area (Å²) in [6.07, 6.45) is 3.42. The lowest BCUT2D eigenvalue weighted by Gasteiger charge is -1.97. The Morgan fingerprint density at radius 1 is 0.812 bits per heavy atom. The molecule has 0 radical (unpaired) electrons. The van der Waals surface area contributed by atoms with Gasteiger partial charge in [0.05, 0.1) is 24.0 Å². The number of furan rings is 2. The van der Waals surface area contributed by atoms with Gasteiger partial charge in [0.25, 0.3) is 0 Å². The molecule has 0 saturated heterocycles. The molecule has 0 N–H and O–H groups in total. The van der Waals surface area contributed by atoms with E-state index in [1.807, 2.05) is 24.3 Å². The molecule has 6 heteroatoms. The third kappa shape index (κ3) is 4.45. The lowest BCUT2D eigenvalue weighted by molar-refractivity contribution is 0.530. The van der Waals surface area contributed by atoms with Gasteiger partial charge in [0.1, 0.15) is 11.5 Å². The fraction of sp³-hybridized carbons (Fsp3) is 0.200. The lowest BCUT2D eigenvalue weighted by Crippen LogP contribution is -1.69. The van der Waals surface area contributed by atoms with Crippen LogP contribution in [0.15, 0.2) is 45.6 Å². The molecule has 0 saturated carbocycles. The van der Waals surface area contributed by atoms with Crippen LogP contribution in [0, 0.1) is 0 Å². The predicted octanol–water partition coefficient (Wildman–Crippen LogP) is 5.25. The average molecular weight is 290 g/mol. The van der Waals surface area contributed by atoms with Crippen molar-refractivity contribution >= 4 is 41.2 Å². The highest BCUT2D eigenvalue weighted by Gasteiger charge is 1.99. The van der Waals surface area contributed by atoms with Gasteiger partial charge in [0.2, 0.25) is 0 Å². The maximum atomic E-state index is 5.23. The van der Waals surface area contributed by atoms with E-state index in [1.165, 1.54) is 0 Å². The van der Waals surface area contributed by atoms with E-state index in [2.05, 4.69) is 0 Å². The van der Waals surface area contributed by atoms with Crippen molar-refractivity contribution in [2.45, 2.75) is 11.5 Å². The van der Waals surface area contributed by atoms with Crippen LogP contribution in [0.5, 0.6) is 0 Å². The lowest BCUT2D eigenvalue weighted by atomic mass is 10.5. The SMILES string of the molecule is c1coc(CSSSSCc2ccco2)c1. The first-order valence-corrected chi connectivity index (χ1v) is 9.73. The molecule has 0 unspecified atom stereocenters. The van der Waals surface area contributed by atoms with Crippen LogP contribution >= 0.6 is 41.2 Å². The molecule has 86 valence electrons. The van der Waals surface area contributed by atoms with Gasteiger partial charge in [0, 0.05) is 0 Å². The van der Waals surface area contributed by atoms with Crippen molar-refractivity contribution in [3.8, 4) is 0 Å². The van der Waals surface area contributed by atoms with Gasteiger partial charge >= 0.3 is 0 Å². The van der Waals surface area contributed by atoms with Crippen molar-refractivity contribution < 1.29 is 8.83 Å². The summed E-state index contributed by atoms with van der Waals surface area (Å²) in [7, 11) is 7.10. The molecule has 16 heavy (non-hydrogen) atoms. The molecule has 0 aliphatic heterocycles. The zero-order valence-corrected chi connectivity index (χ0v) is 11.6. The summed E-state index contributed by atoms with van der Waals surface area (Å²) in [5.74, 6) is 3.86. The summed E-state index contributed by atoms with van der Waals surface area (Å²) in [6, 6.07) is 7.82. The Labute approximate surface area is 109 Å². The molecule has 0 aliphatic rings. The van der Waals surface area contributed by atoms with Gasteiger partial charge in [0.15, 0.2) is 0 Å². The second-order valence-electron chi connectivity index (χ2n) is 2.82. The molecule has 0 aromatic carbocycles. The highest BCUT2D eigenvalue weighted by atomic mass is 33.7. The third-order valence-corrected chi connectivity index (χ3v) is 7.92. The largest absolute Gasteiger partial charge is 0.468 e. The van der Waals surface area contributed by atoms with Crippen molar-refractivity contribution in [1.82, 2.24) is 0 Å². The van der Waals surface area contributed by atoms with Crippen molar-refractivity contribution in [1.29, 1.82) is 0 Å². The highest BCUT2D eigenvalue weighted by molar-refractivity contribution is 9.25. The molecule has 2 nitrogen and oxygen atoms in total. The van der Waals surface area contributed by atoms with E-state index in [4.69, 9.17) is 8.83 Å². The molecule has 0 fully saturated rings. The minimum atomic E-state index is 0.909. The fourth-order valence-corrected chi connectivity index (χ4v) is 6.64. The summed E-state index contributed by atoms with van der Waals surface area (Å²) in [5.41, 5.74) is 0. The Morgan fingerprint density at radius 2 is 1.31 bits per heavy atom. The van der Waals surface area contributed by atoms with Crippen LogP contribution in [0.2, 0.25) is 0 Å². The van der Waals surface area contributed by atoms with Gasteiger partial charge in [-0.05, 0) is 43.9 Å². The number of rotatable bonds is 7. The second kappa shape index (κ2) is 7.32. The fourth-order valence-electron chi connectivity index (χ4n) is 0.993. The molecule has 2 heterocycles. The molecule has 0 amide bonds. The Bertz CT molecular complexity index is 333. The van der Waals surface area contributed by atoms with Crippen LogP contribution in [-0.2, 0) is 11.5 Å². The van der Waals surface area contributed by atoms with E-state index in [-0.39, 0.29) is 0 Å². The second-order valence-corrected chi connectivity index (χ2v) is 8.82. The van der Waals surface area contributed by atoms with Gasteiger partial charge < -0.3 is 8.83 Å². The minimum absolute atomic E-state index is 0.909. The van der Waals surface area contributed by atoms with Crippen LogP contribution in [0.25, 0.3) is 0 Å². The number of hydrogen-bond acceptors (Lipinski definition) is 6. The zero-order chi connectivity index (χ0) is 11.1. The van der Waals surface area contributed by atoms with E-state index in [0.29, 0.717) is 0 Å². The van der Waals surface area contributed by atoms with E-state index < -0.39 is 0 Å². The minimum Gasteiger partial charge on any atom is -0.468 e. The standard InChI is InChI=1S/C10H10O2S4/c1-3-9(11-5-1)7-13-15-16-14-8-10-4-2-6-12-10/h1-6H,7-8H2. The zero-order valence-electron chi connectivity index (χ0n) is 8.33. The normalized spacial score (nSPS) is 10.8. The molecule has 2 aromatic rings. The summed E-state index contributed by atoms with van der Waals surface area (Å²) in [6.45, 7) is 0. The van der Waals surface area contributed by atoms with Crippen molar-refractivity contribution in [2.75, 3.05) is 0 Å². The summed E-state index contributed by atoms with van der Waals surface area (Å²) >= 11 is 0. The Kier molecular flexibility index (Phi) is 5.68. The van der Waals surface area contributed by atoms with Gasteiger partial charge in [-0.3, -0.25) is 0 Å². The van der Waals surface area contributed by atoms with Crippen LogP contribution in [0.1, 0.15) is 11.5 Å². The van der Waals surface area contributed by atoms with Crippen LogP contribution in [0.4, 0.5) is 0 Å². The first-order valence-electron chi connectivity index (χ1n) is 4.57. The molecule has 2 rings (SSSR count). The molecule has 0 spiro atoms. The van der Waals surface area contributed by atoms with Gasteiger partial charge in [-0.25, -0.2) is 0 Å². The molecule has 0 bridgehead atoms. The van der Waals surface area contributed by atoms with Gasteiger partial charge in [-0.1, -0.05) is 21.6 Å². The van der Waals surface area contributed by atoms with Crippen molar-refractivity contribution in [3.63, 3.8) is 0 Å². The van der Waals surface area contributed by atoms with Crippen LogP contribution in [-0.4, -0.2) is 0 Å². The van der Waals surface area contributed by atoms with Gasteiger partial charge in [-0.15, -0.1) is 0 Å². The summed E-state index contributed by atoms with van der Waals surface area (Å²) in [4.78, 5) is 0. The number of hydrogen-bond donors (Lipinski definition) is 0. The molecule has 0 atom stereocenters. The van der Waals surface area contributed by atoms with Gasteiger partial charge in [-0.2, -0.15) is 0 Å². The maximum absolute atomic E-state index is 5.23. The molecular weight excluding hydrogens is 280 g/mol. The summed E-state index contributed by atoms with van der Waals surface area (Å²) in [5, 5.41) is 0. The maximum Gasteiger partial charge on any atom is 0.114 e.